The molecular formula is C17H24N4. The third-order valence-electron chi connectivity index (χ3n) is 3.16. The zero-order chi connectivity index (χ0) is 15.5. The van der Waals surface area contributed by atoms with Crippen LogP contribution in [0.25, 0.3) is 0 Å². The maximum absolute atomic E-state index is 4.32. The van der Waals surface area contributed by atoms with Gasteiger partial charge in [0.2, 0.25) is 0 Å². The summed E-state index contributed by atoms with van der Waals surface area (Å²) in [6.45, 7) is 10.6. The molecule has 1 aromatic heterocycles. The molecule has 0 unspecified atom stereocenters. The van der Waals surface area contributed by atoms with E-state index in [9.17, 15) is 0 Å². The normalized spacial score (nSPS) is 11.3. The highest BCUT2D eigenvalue weighted by Crippen LogP contribution is 2.25. The minimum absolute atomic E-state index is 0.0249. The predicted molar refractivity (Wildman–Crippen MR) is 89.2 cm³/mol. The number of hydrogen-bond donors (Lipinski definition) is 2. The fourth-order valence-corrected chi connectivity index (χ4v) is 2.21. The molecule has 0 atom stereocenters. The molecule has 2 aromatic rings. The monoisotopic (exact) mass is 284 g/mol. The molecule has 1 heterocycles. The Kier molecular flexibility index (Phi) is 4.46. The van der Waals surface area contributed by atoms with Crippen LogP contribution in [0.15, 0.2) is 30.6 Å². The number of rotatable bonds is 4. The van der Waals surface area contributed by atoms with E-state index in [0.29, 0.717) is 0 Å². The number of aryl methyl sites for hydroxylation is 2. The summed E-state index contributed by atoms with van der Waals surface area (Å²) in [5, 5.41) is 6.79. The van der Waals surface area contributed by atoms with Gasteiger partial charge in [-0.3, -0.25) is 0 Å². The summed E-state index contributed by atoms with van der Waals surface area (Å²) >= 11 is 0. The first-order valence-electron chi connectivity index (χ1n) is 7.35. The Morgan fingerprint density at radius 2 is 1.81 bits per heavy atom. The molecule has 0 saturated carbocycles. The number of para-hydroxylation sites is 1. The highest BCUT2D eigenvalue weighted by molar-refractivity contribution is 5.66. The smallest absolute Gasteiger partial charge is 0.135 e. The molecule has 0 amide bonds. The van der Waals surface area contributed by atoms with Crippen molar-refractivity contribution in [3.8, 4) is 0 Å². The van der Waals surface area contributed by atoms with Gasteiger partial charge in [-0.25, -0.2) is 9.97 Å². The van der Waals surface area contributed by atoms with Gasteiger partial charge in [-0.15, -0.1) is 0 Å². The van der Waals surface area contributed by atoms with Gasteiger partial charge in [-0.05, 0) is 45.2 Å². The third-order valence-corrected chi connectivity index (χ3v) is 3.16. The molecule has 0 radical (unpaired) electrons. The number of hydrogen-bond acceptors (Lipinski definition) is 4. The van der Waals surface area contributed by atoms with Gasteiger partial charge < -0.3 is 10.6 Å². The summed E-state index contributed by atoms with van der Waals surface area (Å²) < 4.78 is 0. The minimum atomic E-state index is -0.0249. The second kappa shape index (κ2) is 6.12. The number of anilines is 3. The number of benzene rings is 1. The van der Waals surface area contributed by atoms with Crippen molar-refractivity contribution in [2.24, 2.45) is 0 Å². The van der Waals surface area contributed by atoms with E-state index in [1.54, 1.807) is 6.33 Å². The van der Waals surface area contributed by atoms with E-state index in [0.717, 1.165) is 23.7 Å². The van der Waals surface area contributed by atoms with Crippen LogP contribution in [0.2, 0.25) is 0 Å². The Morgan fingerprint density at radius 3 is 2.48 bits per heavy atom. The fourth-order valence-electron chi connectivity index (χ4n) is 2.21. The lowest BCUT2D eigenvalue weighted by molar-refractivity contribution is 0.630. The average molecular weight is 284 g/mol. The van der Waals surface area contributed by atoms with Crippen molar-refractivity contribution in [1.29, 1.82) is 0 Å². The quantitative estimate of drug-likeness (QED) is 0.878. The van der Waals surface area contributed by atoms with Crippen molar-refractivity contribution >= 4 is 17.3 Å². The molecule has 4 heteroatoms. The van der Waals surface area contributed by atoms with Gasteiger partial charge in [-0.1, -0.05) is 25.1 Å². The van der Waals surface area contributed by atoms with Gasteiger partial charge in [-0.2, -0.15) is 0 Å². The summed E-state index contributed by atoms with van der Waals surface area (Å²) in [7, 11) is 0. The first-order valence-corrected chi connectivity index (χ1v) is 7.35. The Morgan fingerprint density at radius 1 is 1.10 bits per heavy atom. The van der Waals surface area contributed by atoms with Crippen LogP contribution in [0.3, 0.4) is 0 Å². The van der Waals surface area contributed by atoms with Crippen molar-refractivity contribution in [2.75, 3.05) is 10.6 Å². The Bertz CT molecular complexity index is 614. The van der Waals surface area contributed by atoms with Gasteiger partial charge >= 0.3 is 0 Å². The van der Waals surface area contributed by atoms with Gasteiger partial charge in [0, 0.05) is 17.3 Å². The van der Waals surface area contributed by atoms with E-state index in [-0.39, 0.29) is 5.54 Å². The molecule has 2 rings (SSSR count). The lowest BCUT2D eigenvalue weighted by atomic mass is 10.1. The zero-order valence-corrected chi connectivity index (χ0v) is 13.5. The van der Waals surface area contributed by atoms with E-state index in [1.807, 2.05) is 6.07 Å². The van der Waals surface area contributed by atoms with Gasteiger partial charge in [0.25, 0.3) is 0 Å². The van der Waals surface area contributed by atoms with Crippen molar-refractivity contribution in [2.45, 2.75) is 46.6 Å². The number of nitrogens with zero attached hydrogens (tertiary/aromatic N) is 2. The minimum Gasteiger partial charge on any atom is -0.365 e. The maximum Gasteiger partial charge on any atom is 0.135 e. The summed E-state index contributed by atoms with van der Waals surface area (Å²) in [6.07, 6.45) is 2.57. The number of nitrogens with one attached hydrogen (secondary N) is 2. The Labute approximate surface area is 127 Å². The fraction of sp³-hybridized carbons (Fsp3) is 0.412. The van der Waals surface area contributed by atoms with Crippen molar-refractivity contribution in [1.82, 2.24) is 9.97 Å². The highest BCUT2D eigenvalue weighted by atomic mass is 15.1. The lowest BCUT2D eigenvalue weighted by Crippen LogP contribution is -2.26. The van der Waals surface area contributed by atoms with E-state index in [1.165, 1.54) is 11.1 Å². The van der Waals surface area contributed by atoms with Crippen molar-refractivity contribution in [3.05, 3.63) is 41.7 Å². The molecule has 0 bridgehead atoms. The van der Waals surface area contributed by atoms with Crippen molar-refractivity contribution in [3.63, 3.8) is 0 Å². The Hall–Kier alpha value is -2.10. The van der Waals surface area contributed by atoms with Crippen molar-refractivity contribution < 1.29 is 0 Å². The molecule has 0 saturated heterocycles. The van der Waals surface area contributed by atoms with Gasteiger partial charge in [0.1, 0.15) is 18.0 Å². The lowest BCUT2D eigenvalue weighted by Gasteiger charge is -2.21. The van der Waals surface area contributed by atoms with Crippen LogP contribution in [0.4, 0.5) is 17.3 Å². The number of aromatic nitrogens is 2. The van der Waals surface area contributed by atoms with E-state index in [4.69, 9.17) is 0 Å². The second-order valence-corrected chi connectivity index (χ2v) is 6.25. The summed E-state index contributed by atoms with van der Waals surface area (Å²) in [5.74, 6) is 1.63. The molecule has 1 aromatic carbocycles. The standard InChI is InChI=1S/C17H24N4/c1-6-13-9-7-8-12(2)16(13)20-14-10-15(19-11-18-14)21-17(3,4)5/h7-11H,6H2,1-5H3,(H2,18,19,20,21). The molecule has 0 aliphatic heterocycles. The topological polar surface area (TPSA) is 49.8 Å². The molecule has 0 spiro atoms. The zero-order valence-electron chi connectivity index (χ0n) is 13.5. The van der Waals surface area contributed by atoms with Crippen LogP contribution >= 0.6 is 0 Å². The van der Waals surface area contributed by atoms with Crippen LogP contribution in [0.5, 0.6) is 0 Å². The second-order valence-electron chi connectivity index (χ2n) is 6.25. The van der Waals surface area contributed by atoms with Crippen LogP contribution in [-0.4, -0.2) is 15.5 Å². The van der Waals surface area contributed by atoms with E-state index in [2.05, 4.69) is 73.4 Å². The highest BCUT2D eigenvalue weighted by Gasteiger charge is 2.11. The maximum atomic E-state index is 4.32. The summed E-state index contributed by atoms with van der Waals surface area (Å²) in [5.41, 5.74) is 3.63. The summed E-state index contributed by atoms with van der Waals surface area (Å²) in [4.78, 5) is 8.59. The van der Waals surface area contributed by atoms with Crippen LogP contribution in [-0.2, 0) is 6.42 Å². The molecule has 0 fully saturated rings. The average Bonchev–Trinajstić information content (AvgIpc) is 2.39. The van der Waals surface area contributed by atoms with Gasteiger partial charge in [0.15, 0.2) is 0 Å². The largest absolute Gasteiger partial charge is 0.365 e. The van der Waals surface area contributed by atoms with E-state index >= 15 is 0 Å². The first-order chi connectivity index (χ1) is 9.89. The molecule has 112 valence electrons. The molecule has 0 aliphatic carbocycles. The van der Waals surface area contributed by atoms with Crippen LogP contribution in [0.1, 0.15) is 38.8 Å². The predicted octanol–water partition coefficient (Wildman–Crippen LogP) is 4.30. The summed E-state index contributed by atoms with van der Waals surface area (Å²) in [6, 6.07) is 8.28. The molecule has 4 nitrogen and oxygen atoms in total. The van der Waals surface area contributed by atoms with Crippen LogP contribution < -0.4 is 10.6 Å². The first kappa shape index (κ1) is 15.3. The Balaban J connectivity index is 2.26. The SMILES string of the molecule is CCc1cccc(C)c1Nc1cc(NC(C)(C)C)ncn1. The molecule has 21 heavy (non-hydrogen) atoms. The molecule has 0 aliphatic rings. The van der Waals surface area contributed by atoms with Gasteiger partial charge in [0.05, 0.1) is 0 Å². The van der Waals surface area contributed by atoms with Crippen LogP contribution in [0, 0.1) is 6.92 Å². The molecular weight excluding hydrogens is 260 g/mol. The van der Waals surface area contributed by atoms with E-state index < -0.39 is 0 Å². The third kappa shape index (κ3) is 4.18. The molecule has 2 N–H and O–H groups in total.